The summed E-state index contributed by atoms with van der Waals surface area (Å²) in [6.07, 6.45) is 0. The van der Waals surface area contributed by atoms with Gasteiger partial charge in [-0.15, -0.1) is 0 Å². The zero-order valence-corrected chi connectivity index (χ0v) is 20.0. The molecule has 1 aromatic heterocycles. The molecule has 0 saturated heterocycles. The van der Waals surface area contributed by atoms with E-state index in [0.29, 0.717) is 37.7 Å². The summed E-state index contributed by atoms with van der Waals surface area (Å²) in [6.45, 7) is 1.42. The van der Waals surface area contributed by atoms with Gasteiger partial charge >= 0.3 is 0 Å². The summed E-state index contributed by atoms with van der Waals surface area (Å²) in [7, 11) is 1.57. The summed E-state index contributed by atoms with van der Waals surface area (Å²) in [4.78, 5) is 25.3. The highest BCUT2D eigenvalue weighted by Gasteiger charge is 2.17. The van der Waals surface area contributed by atoms with E-state index in [1.54, 1.807) is 31.4 Å². The maximum absolute atomic E-state index is 13.4. The second-order valence-corrected chi connectivity index (χ2v) is 8.29. The summed E-state index contributed by atoms with van der Waals surface area (Å²) in [5.41, 5.74) is 3.72. The van der Waals surface area contributed by atoms with Crippen LogP contribution >= 0.6 is 0 Å². The Morgan fingerprint density at radius 2 is 1.72 bits per heavy atom. The number of aromatic nitrogens is 1. The molecule has 2 amide bonds. The van der Waals surface area contributed by atoms with Crippen molar-refractivity contribution in [1.29, 1.82) is 0 Å². The highest BCUT2D eigenvalue weighted by Crippen LogP contribution is 2.25. The van der Waals surface area contributed by atoms with Gasteiger partial charge in [-0.2, -0.15) is 0 Å². The summed E-state index contributed by atoms with van der Waals surface area (Å²) in [5, 5.41) is 6.48. The molecule has 4 aromatic rings. The first-order valence-corrected chi connectivity index (χ1v) is 11.6. The molecule has 8 heteroatoms. The molecule has 0 spiro atoms. The molecule has 0 aliphatic rings. The van der Waals surface area contributed by atoms with Crippen molar-refractivity contribution < 1.29 is 23.5 Å². The number of methoxy groups -OCH3 is 1. The lowest BCUT2D eigenvalue weighted by Crippen LogP contribution is -2.29. The molecule has 0 bridgehead atoms. The third kappa shape index (κ3) is 6.56. The van der Waals surface area contributed by atoms with Gasteiger partial charge in [-0.25, -0.2) is 4.39 Å². The Morgan fingerprint density at radius 3 is 2.47 bits per heavy atom. The lowest BCUT2D eigenvalue weighted by Gasteiger charge is -2.12. The molecule has 1 heterocycles. The number of amides is 2. The van der Waals surface area contributed by atoms with E-state index in [1.807, 2.05) is 47.0 Å². The zero-order valence-electron chi connectivity index (χ0n) is 20.0. The molecule has 0 atom stereocenters. The summed E-state index contributed by atoms with van der Waals surface area (Å²) < 4.78 is 25.8. The first kappa shape index (κ1) is 25.1. The molecule has 0 saturated carbocycles. The number of fused-ring (bicyclic) bond motifs is 1. The molecule has 2 N–H and O–H groups in total. The van der Waals surface area contributed by atoms with Gasteiger partial charge in [0.05, 0.1) is 13.2 Å². The normalized spacial score (nSPS) is 10.9. The van der Waals surface area contributed by atoms with Gasteiger partial charge in [-0.05, 0) is 47.5 Å². The Kier molecular flexibility index (Phi) is 8.44. The van der Waals surface area contributed by atoms with Crippen LogP contribution in [-0.2, 0) is 27.4 Å². The molecule has 36 heavy (non-hydrogen) atoms. The Bertz CT molecular complexity index is 1320. The predicted octanol–water partition coefficient (Wildman–Crippen LogP) is 4.36. The fourth-order valence-corrected chi connectivity index (χ4v) is 3.87. The number of anilines is 1. The first-order valence-electron chi connectivity index (χ1n) is 11.6. The van der Waals surface area contributed by atoms with Gasteiger partial charge in [0.25, 0.3) is 5.91 Å². The van der Waals surface area contributed by atoms with Crippen molar-refractivity contribution >= 4 is 28.4 Å². The Labute approximate surface area is 208 Å². The topological polar surface area (TPSA) is 81.6 Å². The van der Waals surface area contributed by atoms with E-state index in [1.165, 1.54) is 12.1 Å². The second kappa shape index (κ2) is 12.1. The van der Waals surface area contributed by atoms with Crippen LogP contribution in [0.4, 0.5) is 10.1 Å². The fraction of sp³-hybridized carbons (Fsp3) is 0.214. The highest BCUT2D eigenvalue weighted by molar-refractivity contribution is 6.00. The van der Waals surface area contributed by atoms with Gasteiger partial charge in [-0.3, -0.25) is 9.59 Å². The van der Waals surface area contributed by atoms with Crippen LogP contribution < -0.4 is 10.6 Å². The molecule has 0 radical (unpaired) electrons. The van der Waals surface area contributed by atoms with E-state index >= 15 is 0 Å². The number of carbonyl (C=O) groups is 2. The number of ether oxygens (including phenoxy) is 2. The molecule has 0 aliphatic carbocycles. The van der Waals surface area contributed by atoms with E-state index < -0.39 is 0 Å². The standard InChI is InChI=1S/C28H28FN3O4/c1-35-14-13-30-28(34)26-16-22-15-24(31-27(33)19-36-18-21-5-3-2-4-6-21)11-12-25(22)32(26)17-20-7-9-23(29)10-8-20/h2-12,15-16H,13-14,17-19H2,1H3,(H,30,34)(H,31,33). The van der Waals surface area contributed by atoms with Gasteiger partial charge in [-0.1, -0.05) is 42.5 Å². The molecule has 0 fully saturated rings. The lowest BCUT2D eigenvalue weighted by molar-refractivity contribution is -0.121. The maximum atomic E-state index is 13.4. The van der Waals surface area contributed by atoms with E-state index in [0.717, 1.165) is 22.0 Å². The van der Waals surface area contributed by atoms with Gasteiger partial charge < -0.3 is 24.7 Å². The van der Waals surface area contributed by atoms with Gasteiger partial charge in [0.15, 0.2) is 0 Å². The van der Waals surface area contributed by atoms with Crippen molar-refractivity contribution in [3.05, 3.63) is 102 Å². The molecular weight excluding hydrogens is 461 g/mol. The third-order valence-corrected chi connectivity index (χ3v) is 5.61. The minimum Gasteiger partial charge on any atom is -0.383 e. The fourth-order valence-electron chi connectivity index (χ4n) is 3.87. The molecular formula is C28H28FN3O4. The number of carbonyl (C=O) groups excluding carboxylic acids is 2. The van der Waals surface area contributed by atoms with Crippen LogP contribution in [0.3, 0.4) is 0 Å². The van der Waals surface area contributed by atoms with E-state index in [4.69, 9.17) is 9.47 Å². The minimum absolute atomic E-state index is 0.0777. The van der Waals surface area contributed by atoms with Crippen LogP contribution in [0.25, 0.3) is 10.9 Å². The molecule has 4 rings (SSSR count). The van der Waals surface area contributed by atoms with Crippen LogP contribution in [0.15, 0.2) is 78.9 Å². The number of benzene rings is 3. The minimum atomic E-state index is -0.318. The maximum Gasteiger partial charge on any atom is 0.268 e. The molecule has 0 aliphatic heterocycles. The Morgan fingerprint density at radius 1 is 0.944 bits per heavy atom. The predicted molar refractivity (Wildman–Crippen MR) is 136 cm³/mol. The van der Waals surface area contributed by atoms with E-state index in [-0.39, 0.29) is 24.2 Å². The molecule has 186 valence electrons. The largest absolute Gasteiger partial charge is 0.383 e. The molecule has 3 aromatic carbocycles. The van der Waals surface area contributed by atoms with Crippen molar-refractivity contribution in [3.8, 4) is 0 Å². The average Bonchev–Trinajstić information content (AvgIpc) is 3.23. The summed E-state index contributed by atoms with van der Waals surface area (Å²) >= 11 is 0. The van der Waals surface area contributed by atoms with Crippen LogP contribution in [0.2, 0.25) is 0 Å². The van der Waals surface area contributed by atoms with Crippen LogP contribution in [0.5, 0.6) is 0 Å². The van der Waals surface area contributed by atoms with Crippen molar-refractivity contribution in [3.63, 3.8) is 0 Å². The van der Waals surface area contributed by atoms with Crippen molar-refractivity contribution in [2.45, 2.75) is 13.2 Å². The summed E-state index contributed by atoms with van der Waals surface area (Å²) in [6, 6.07) is 23.0. The highest BCUT2D eigenvalue weighted by atomic mass is 19.1. The number of rotatable bonds is 11. The SMILES string of the molecule is COCCNC(=O)c1cc2cc(NC(=O)COCc3ccccc3)ccc2n1Cc1ccc(F)cc1. The number of nitrogens with one attached hydrogen (secondary N) is 2. The van der Waals surface area contributed by atoms with Gasteiger partial charge in [0.1, 0.15) is 18.1 Å². The number of hydrogen-bond acceptors (Lipinski definition) is 4. The monoisotopic (exact) mass is 489 g/mol. The van der Waals surface area contributed by atoms with Crippen molar-refractivity contribution in [2.75, 3.05) is 32.2 Å². The lowest BCUT2D eigenvalue weighted by atomic mass is 10.2. The average molecular weight is 490 g/mol. The zero-order chi connectivity index (χ0) is 25.3. The second-order valence-electron chi connectivity index (χ2n) is 8.29. The van der Waals surface area contributed by atoms with Crippen LogP contribution in [-0.4, -0.2) is 43.2 Å². The number of nitrogens with zero attached hydrogens (tertiary/aromatic N) is 1. The van der Waals surface area contributed by atoms with Gasteiger partial charge in [0, 0.05) is 36.8 Å². The van der Waals surface area contributed by atoms with E-state index in [2.05, 4.69) is 10.6 Å². The van der Waals surface area contributed by atoms with Gasteiger partial charge in [0.2, 0.25) is 5.91 Å². The molecule has 0 unspecified atom stereocenters. The van der Waals surface area contributed by atoms with Crippen molar-refractivity contribution in [2.24, 2.45) is 0 Å². The first-order chi connectivity index (χ1) is 17.5. The Hall–Kier alpha value is -4.01. The Balaban J connectivity index is 1.51. The van der Waals surface area contributed by atoms with Crippen LogP contribution in [0, 0.1) is 5.82 Å². The van der Waals surface area contributed by atoms with Crippen molar-refractivity contribution in [1.82, 2.24) is 9.88 Å². The smallest absolute Gasteiger partial charge is 0.268 e. The number of halogens is 1. The van der Waals surface area contributed by atoms with Crippen LogP contribution in [0.1, 0.15) is 21.6 Å². The quantitative estimate of drug-likeness (QED) is 0.307. The number of hydrogen-bond donors (Lipinski definition) is 2. The third-order valence-electron chi connectivity index (χ3n) is 5.61. The summed E-state index contributed by atoms with van der Waals surface area (Å²) in [5.74, 6) is -0.833. The molecule has 7 nitrogen and oxygen atoms in total. The van der Waals surface area contributed by atoms with E-state index in [9.17, 15) is 14.0 Å².